The standard InChI is InChI=1S/C17H21FN4O2/c1-12-19-17(24-20-12)14-7-8-22(10-14)11-16(23)21(2)9-13-5-3-4-6-15(13)18/h3-6,14H,7-11H2,1-2H3/t14-/m1/s1. The van der Waals surface area contributed by atoms with Crippen molar-refractivity contribution in [3.63, 3.8) is 0 Å². The molecular formula is C17H21FN4O2. The summed E-state index contributed by atoms with van der Waals surface area (Å²) in [6.07, 6.45) is 0.895. The van der Waals surface area contributed by atoms with E-state index in [2.05, 4.69) is 15.0 Å². The van der Waals surface area contributed by atoms with E-state index in [1.807, 2.05) is 0 Å². The van der Waals surface area contributed by atoms with Gasteiger partial charge in [-0.2, -0.15) is 4.98 Å². The minimum Gasteiger partial charge on any atom is -0.340 e. The average Bonchev–Trinajstić information content (AvgIpc) is 3.18. The number of likely N-dealkylation sites (N-methyl/N-ethyl adjacent to an activating group) is 1. The molecule has 2 heterocycles. The lowest BCUT2D eigenvalue weighted by atomic mass is 10.1. The van der Waals surface area contributed by atoms with Gasteiger partial charge >= 0.3 is 0 Å². The molecule has 1 aliphatic heterocycles. The number of benzene rings is 1. The van der Waals surface area contributed by atoms with Crippen molar-refractivity contribution in [3.05, 3.63) is 47.4 Å². The van der Waals surface area contributed by atoms with Gasteiger partial charge in [0.25, 0.3) is 0 Å². The predicted molar refractivity (Wildman–Crippen MR) is 85.7 cm³/mol. The number of likely N-dealkylation sites (tertiary alicyclic amines) is 1. The topological polar surface area (TPSA) is 62.5 Å². The van der Waals surface area contributed by atoms with Gasteiger partial charge in [-0.15, -0.1) is 0 Å². The molecule has 24 heavy (non-hydrogen) atoms. The van der Waals surface area contributed by atoms with Crippen molar-refractivity contribution < 1.29 is 13.7 Å². The second kappa shape index (κ2) is 7.09. The molecule has 1 saturated heterocycles. The molecule has 3 rings (SSSR count). The highest BCUT2D eigenvalue weighted by Gasteiger charge is 2.29. The van der Waals surface area contributed by atoms with E-state index in [0.717, 1.165) is 19.5 Å². The molecule has 1 amide bonds. The molecule has 1 aromatic heterocycles. The zero-order valence-electron chi connectivity index (χ0n) is 13.9. The number of rotatable bonds is 5. The predicted octanol–water partition coefficient (Wildman–Crippen LogP) is 1.97. The highest BCUT2D eigenvalue weighted by molar-refractivity contribution is 5.78. The minimum atomic E-state index is -0.287. The Kier molecular flexibility index (Phi) is 4.89. The van der Waals surface area contributed by atoms with E-state index < -0.39 is 0 Å². The molecule has 2 aromatic rings. The molecule has 0 aliphatic carbocycles. The van der Waals surface area contributed by atoms with Gasteiger partial charge in [-0.25, -0.2) is 4.39 Å². The maximum atomic E-state index is 13.7. The molecule has 0 N–H and O–H groups in total. The summed E-state index contributed by atoms with van der Waals surface area (Å²) < 4.78 is 18.9. The molecule has 7 heteroatoms. The fourth-order valence-corrected chi connectivity index (χ4v) is 2.94. The molecule has 0 unspecified atom stereocenters. The average molecular weight is 332 g/mol. The van der Waals surface area contributed by atoms with E-state index in [0.29, 0.717) is 23.8 Å². The Labute approximate surface area is 140 Å². The van der Waals surface area contributed by atoms with Crippen molar-refractivity contribution in [1.82, 2.24) is 19.9 Å². The number of hydrogen-bond donors (Lipinski definition) is 0. The Balaban J connectivity index is 1.52. The second-order valence-corrected chi connectivity index (χ2v) is 6.24. The van der Waals surface area contributed by atoms with Crippen LogP contribution in [-0.4, -0.2) is 52.5 Å². The van der Waals surface area contributed by atoms with Gasteiger partial charge in [0.15, 0.2) is 5.82 Å². The maximum Gasteiger partial charge on any atom is 0.236 e. The van der Waals surface area contributed by atoms with Crippen molar-refractivity contribution >= 4 is 5.91 Å². The van der Waals surface area contributed by atoms with Crippen LogP contribution in [-0.2, 0) is 11.3 Å². The van der Waals surface area contributed by atoms with E-state index >= 15 is 0 Å². The zero-order chi connectivity index (χ0) is 17.1. The van der Waals surface area contributed by atoms with Gasteiger partial charge in [-0.1, -0.05) is 23.4 Å². The number of amides is 1. The Hall–Kier alpha value is -2.28. The number of aryl methyl sites for hydroxylation is 1. The van der Waals surface area contributed by atoms with Crippen LogP contribution >= 0.6 is 0 Å². The second-order valence-electron chi connectivity index (χ2n) is 6.24. The fourth-order valence-electron chi connectivity index (χ4n) is 2.94. The lowest BCUT2D eigenvalue weighted by Crippen LogP contribution is -2.37. The van der Waals surface area contributed by atoms with E-state index in [1.165, 1.54) is 6.07 Å². The number of hydrogen-bond acceptors (Lipinski definition) is 5. The molecule has 128 valence electrons. The van der Waals surface area contributed by atoms with Crippen LogP contribution in [0.4, 0.5) is 4.39 Å². The summed E-state index contributed by atoms with van der Waals surface area (Å²) in [5, 5.41) is 3.82. The van der Waals surface area contributed by atoms with E-state index in [4.69, 9.17) is 4.52 Å². The summed E-state index contributed by atoms with van der Waals surface area (Å²) in [5.74, 6) is 1.13. The SMILES string of the molecule is Cc1noc([C@@H]2CCN(CC(=O)N(C)Cc3ccccc3F)C2)n1. The number of nitrogens with zero attached hydrogens (tertiary/aromatic N) is 4. The van der Waals surface area contributed by atoms with Crippen LogP contribution < -0.4 is 0 Å². The van der Waals surface area contributed by atoms with Crippen LogP contribution in [0.3, 0.4) is 0 Å². The molecule has 1 atom stereocenters. The van der Waals surface area contributed by atoms with Gasteiger partial charge in [-0.3, -0.25) is 9.69 Å². The highest BCUT2D eigenvalue weighted by atomic mass is 19.1. The summed E-state index contributed by atoms with van der Waals surface area (Å²) in [4.78, 5) is 20.3. The summed E-state index contributed by atoms with van der Waals surface area (Å²) in [6.45, 7) is 3.91. The zero-order valence-corrected chi connectivity index (χ0v) is 13.9. The molecule has 1 aromatic carbocycles. The number of carbonyl (C=O) groups excluding carboxylic acids is 1. The summed E-state index contributed by atoms with van der Waals surface area (Å²) in [7, 11) is 1.70. The quantitative estimate of drug-likeness (QED) is 0.838. The summed E-state index contributed by atoms with van der Waals surface area (Å²) in [6, 6.07) is 6.52. The normalized spacial score (nSPS) is 18.0. The Bertz CT molecular complexity index is 718. The first kappa shape index (κ1) is 16.6. The van der Waals surface area contributed by atoms with Crippen molar-refractivity contribution in [2.24, 2.45) is 0 Å². The van der Waals surface area contributed by atoms with Crippen molar-refractivity contribution in [3.8, 4) is 0 Å². The van der Waals surface area contributed by atoms with E-state index in [1.54, 1.807) is 37.1 Å². The molecule has 0 spiro atoms. The van der Waals surface area contributed by atoms with Crippen LogP contribution in [0.25, 0.3) is 0 Å². The van der Waals surface area contributed by atoms with Gasteiger partial charge in [-0.05, 0) is 26.0 Å². The molecule has 1 aliphatic rings. The van der Waals surface area contributed by atoms with E-state index in [9.17, 15) is 9.18 Å². The fraction of sp³-hybridized carbons (Fsp3) is 0.471. The van der Waals surface area contributed by atoms with Gasteiger partial charge in [0, 0.05) is 25.7 Å². The molecule has 0 radical (unpaired) electrons. The summed E-state index contributed by atoms with van der Waals surface area (Å²) in [5.41, 5.74) is 0.522. The molecular weight excluding hydrogens is 311 g/mol. The Morgan fingerprint density at radius 1 is 1.46 bits per heavy atom. The van der Waals surface area contributed by atoms with E-state index in [-0.39, 0.29) is 24.2 Å². The van der Waals surface area contributed by atoms with Crippen molar-refractivity contribution in [2.45, 2.75) is 25.8 Å². The van der Waals surface area contributed by atoms with Crippen LogP contribution in [0.1, 0.15) is 29.6 Å². The van der Waals surface area contributed by atoms with Crippen LogP contribution in [0.15, 0.2) is 28.8 Å². The Morgan fingerprint density at radius 2 is 2.25 bits per heavy atom. The van der Waals surface area contributed by atoms with Crippen LogP contribution in [0.2, 0.25) is 0 Å². The first-order valence-corrected chi connectivity index (χ1v) is 8.03. The third-order valence-electron chi connectivity index (χ3n) is 4.31. The third kappa shape index (κ3) is 3.79. The van der Waals surface area contributed by atoms with Gasteiger partial charge in [0.1, 0.15) is 5.82 Å². The number of carbonyl (C=O) groups is 1. The molecule has 0 bridgehead atoms. The smallest absolute Gasteiger partial charge is 0.236 e. The van der Waals surface area contributed by atoms with Gasteiger partial charge in [0.05, 0.1) is 12.5 Å². The Morgan fingerprint density at radius 3 is 2.96 bits per heavy atom. The number of halogens is 1. The minimum absolute atomic E-state index is 0.0272. The monoisotopic (exact) mass is 332 g/mol. The molecule has 6 nitrogen and oxygen atoms in total. The van der Waals surface area contributed by atoms with Gasteiger partial charge in [0.2, 0.25) is 11.8 Å². The lowest BCUT2D eigenvalue weighted by molar-refractivity contribution is -0.131. The lowest BCUT2D eigenvalue weighted by Gasteiger charge is -2.21. The first-order valence-electron chi connectivity index (χ1n) is 8.03. The van der Waals surface area contributed by atoms with Gasteiger partial charge < -0.3 is 9.42 Å². The third-order valence-corrected chi connectivity index (χ3v) is 4.31. The van der Waals surface area contributed by atoms with Crippen molar-refractivity contribution in [1.29, 1.82) is 0 Å². The van der Waals surface area contributed by atoms with Crippen molar-refractivity contribution in [2.75, 3.05) is 26.7 Å². The molecule has 0 saturated carbocycles. The maximum absolute atomic E-state index is 13.7. The van der Waals surface area contributed by atoms with Crippen LogP contribution in [0, 0.1) is 12.7 Å². The largest absolute Gasteiger partial charge is 0.340 e. The summed E-state index contributed by atoms with van der Waals surface area (Å²) >= 11 is 0. The number of aromatic nitrogens is 2. The first-order chi connectivity index (χ1) is 11.5. The highest BCUT2D eigenvalue weighted by Crippen LogP contribution is 2.25. The molecule has 1 fully saturated rings. The van der Waals surface area contributed by atoms with Crippen LogP contribution in [0.5, 0.6) is 0 Å².